The van der Waals surface area contributed by atoms with Crippen LogP contribution in [0.25, 0.3) is 0 Å². The Bertz CT molecular complexity index is 525. The molecule has 1 atom stereocenters. The second-order valence-corrected chi connectivity index (χ2v) is 6.39. The van der Waals surface area contributed by atoms with Crippen LogP contribution in [0.3, 0.4) is 0 Å². The molecule has 1 aliphatic carbocycles. The highest BCUT2D eigenvalue weighted by Gasteiger charge is 2.25. The molecule has 0 amide bonds. The van der Waals surface area contributed by atoms with Gasteiger partial charge in [0.1, 0.15) is 0 Å². The van der Waals surface area contributed by atoms with Gasteiger partial charge in [-0.3, -0.25) is 0 Å². The Labute approximate surface area is 112 Å². The summed E-state index contributed by atoms with van der Waals surface area (Å²) in [7, 11) is 0. The van der Waals surface area contributed by atoms with E-state index in [1.165, 1.54) is 28.3 Å². The quantitative estimate of drug-likeness (QED) is 0.893. The van der Waals surface area contributed by atoms with Gasteiger partial charge in [-0.25, -0.2) is 4.98 Å². The van der Waals surface area contributed by atoms with Crippen molar-refractivity contribution in [1.29, 1.82) is 0 Å². The molecule has 3 nitrogen and oxygen atoms in total. The monoisotopic (exact) mass is 261 g/mol. The number of aryl methyl sites for hydroxylation is 1. The lowest BCUT2D eigenvalue weighted by Gasteiger charge is -2.13. The SMILES string of the molecule is Cc1ccc(C(C)NCc2cncn2C2CC2)s1. The maximum atomic E-state index is 4.26. The third-order valence-corrected chi connectivity index (χ3v) is 4.65. The van der Waals surface area contributed by atoms with E-state index in [0.29, 0.717) is 12.1 Å². The van der Waals surface area contributed by atoms with E-state index in [4.69, 9.17) is 0 Å². The van der Waals surface area contributed by atoms with Gasteiger partial charge < -0.3 is 9.88 Å². The fourth-order valence-electron chi connectivity index (χ4n) is 2.19. The van der Waals surface area contributed by atoms with Crippen molar-refractivity contribution in [3.05, 3.63) is 40.1 Å². The van der Waals surface area contributed by atoms with Crippen LogP contribution >= 0.6 is 11.3 Å². The van der Waals surface area contributed by atoms with Gasteiger partial charge in [0.15, 0.2) is 0 Å². The summed E-state index contributed by atoms with van der Waals surface area (Å²) in [6, 6.07) is 5.53. The van der Waals surface area contributed by atoms with Crippen molar-refractivity contribution in [2.75, 3.05) is 0 Å². The Morgan fingerprint density at radius 3 is 3.00 bits per heavy atom. The van der Waals surface area contributed by atoms with Crippen LogP contribution in [0.4, 0.5) is 0 Å². The van der Waals surface area contributed by atoms with E-state index in [0.717, 1.165) is 6.54 Å². The summed E-state index contributed by atoms with van der Waals surface area (Å²) < 4.78 is 2.32. The predicted octanol–water partition coefficient (Wildman–Crippen LogP) is 3.44. The molecule has 0 spiro atoms. The van der Waals surface area contributed by atoms with E-state index < -0.39 is 0 Å². The van der Waals surface area contributed by atoms with Gasteiger partial charge in [-0.1, -0.05) is 0 Å². The van der Waals surface area contributed by atoms with E-state index in [9.17, 15) is 0 Å². The van der Waals surface area contributed by atoms with Crippen LogP contribution in [0.2, 0.25) is 0 Å². The maximum Gasteiger partial charge on any atom is 0.0951 e. The number of aromatic nitrogens is 2. The molecule has 18 heavy (non-hydrogen) atoms. The molecule has 0 aliphatic heterocycles. The fourth-order valence-corrected chi connectivity index (χ4v) is 3.10. The average molecular weight is 261 g/mol. The number of thiophene rings is 1. The van der Waals surface area contributed by atoms with Crippen LogP contribution < -0.4 is 5.32 Å². The van der Waals surface area contributed by atoms with Crippen LogP contribution in [-0.2, 0) is 6.54 Å². The minimum atomic E-state index is 0.409. The lowest BCUT2D eigenvalue weighted by molar-refractivity contribution is 0.553. The molecule has 1 unspecified atom stereocenters. The van der Waals surface area contributed by atoms with Gasteiger partial charge in [-0.2, -0.15) is 0 Å². The Balaban J connectivity index is 1.61. The number of imidazole rings is 1. The van der Waals surface area contributed by atoms with Crippen LogP contribution in [0.15, 0.2) is 24.7 Å². The van der Waals surface area contributed by atoms with Crippen molar-refractivity contribution in [3.8, 4) is 0 Å². The van der Waals surface area contributed by atoms with Crippen molar-refractivity contribution in [3.63, 3.8) is 0 Å². The summed E-state index contributed by atoms with van der Waals surface area (Å²) in [5.41, 5.74) is 1.30. The van der Waals surface area contributed by atoms with Gasteiger partial charge in [-0.15, -0.1) is 11.3 Å². The molecule has 0 radical (unpaired) electrons. The molecular formula is C14H19N3S. The average Bonchev–Trinajstić information content (AvgIpc) is 2.94. The number of hydrogen-bond donors (Lipinski definition) is 1. The summed E-state index contributed by atoms with van der Waals surface area (Å²) in [6.45, 7) is 5.28. The Morgan fingerprint density at radius 2 is 2.33 bits per heavy atom. The number of rotatable bonds is 5. The first-order chi connectivity index (χ1) is 8.74. The van der Waals surface area contributed by atoms with Gasteiger partial charge in [0.25, 0.3) is 0 Å². The van der Waals surface area contributed by atoms with Gasteiger partial charge in [0, 0.05) is 34.6 Å². The zero-order valence-electron chi connectivity index (χ0n) is 10.9. The molecule has 1 aliphatic rings. The van der Waals surface area contributed by atoms with Crippen molar-refractivity contribution in [1.82, 2.24) is 14.9 Å². The van der Waals surface area contributed by atoms with E-state index in [-0.39, 0.29) is 0 Å². The van der Waals surface area contributed by atoms with Crippen LogP contribution in [0.5, 0.6) is 0 Å². The predicted molar refractivity (Wildman–Crippen MR) is 74.8 cm³/mol. The first-order valence-corrected chi connectivity index (χ1v) is 7.36. The summed E-state index contributed by atoms with van der Waals surface area (Å²) in [6.07, 6.45) is 6.57. The zero-order chi connectivity index (χ0) is 12.5. The van der Waals surface area contributed by atoms with Gasteiger partial charge >= 0.3 is 0 Å². The Kier molecular flexibility index (Phi) is 3.22. The third kappa shape index (κ3) is 2.49. The first-order valence-electron chi connectivity index (χ1n) is 6.54. The standard InChI is InChI=1S/C14H19N3S/c1-10-3-6-14(18-10)11(2)16-8-13-7-15-9-17(13)12-4-5-12/h3,6-7,9,11-12,16H,4-5,8H2,1-2H3. The molecule has 96 valence electrons. The number of hydrogen-bond acceptors (Lipinski definition) is 3. The van der Waals surface area contributed by atoms with E-state index >= 15 is 0 Å². The molecule has 4 heteroatoms. The van der Waals surface area contributed by atoms with Gasteiger partial charge in [0.05, 0.1) is 12.0 Å². The molecule has 2 aromatic rings. The topological polar surface area (TPSA) is 29.9 Å². The lowest BCUT2D eigenvalue weighted by atomic mass is 10.2. The highest BCUT2D eigenvalue weighted by molar-refractivity contribution is 7.12. The second kappa shape index (κ2) is 4.86. The number of nitrogens with zero attached hydrogens (tertiary/aromatic N) is 2. The van der Waals surface area contributed by atoms with E-state index in [2.05, 4.69) is 40.8 Å². The molecule has 0 saturated heterocycles. The molecule has 1 N–H and O–H groups in total. The fraction of sp³-hybridized carbons (Fsp3) is 0.500. The molecule has 1 fully saturated rings. The summed E-state index contributed by atoms with van der Waals surface area (Å²) in [5.74, 6) is 0. The Morgan fingerprint density at radius 1 is 1.50 bits per heavy atom. The molecule has 1 saturated carbocycles. The number of nitrogens with one attached hydrogen (secondary N) is 1. The minimum Gasteiger partial charge on any atom is -0.330 e. The normalized spacial score (nSPS) is 17.0. The van der Waals surface area contributed by atoms with Crippen molar-refractivity contribution in [2.45, 2.75) is 45.3 Å². The summed E-state index contributed by atoms with van der Waals surface area (Å²) in [4.78, 5) is 7.05. The van der Waals surface area contributed by atoms with Crippen LogP contribution in [0.1, 0.15) is 47.3 Å². The molecule has 0 bridgehead atoms. The van der Waals surface area contributed by atoms with Gasteiger partial charge in [0.2, 0.25) is 0 Å². The molecule has 0 aromatic carbocycles. The minimum absolute atomic E-state index is 0.409. The highest BCUT2D eigenvalue weighted by atomic mass is 32.1. The molecule has 3 rings (SSSR count). The summed E-state index contributed by atoms with van der Waals surface area (Å²) >= 11 is 1.87. The van der Waals surface area contributed by atoms with E-state index in [1.807, 2.05) is 23.9 Å². The van der Waals surface area contributed by atoms with Crippen molar-refractivity contribution < 1.29 is 0 Å². The van der Waals surface area contributed by atoms with Crippen LogP contribution in [0, 0.1) is 6.92 Å². The molecule has 2 heterocycles. The van der Waals surface area contributed by atoms with Gasteiger partial charge in [-0.05, 0) is 38.8 Å². The smallest absolute Gasteiger partial charge is 0.0951 e. The molecular weight excluding hydrogens is 242 g/mol. The van der Waals surface area contributed by atoms with Crippen molar-refractivity contribution >= 4 is 11.3 Å². The highest BCUT2D eigenvalue weighted by Crippen LogP contribution is 2.35. The van der Waals surface area contributed by atoms with Crippen molar-refractivity contribution in [2.24, 2.45) is 0 Å². The maximum absolute atomic E-state index is 4.26. The Hall–Kier alpha value is -1.13. The molecule has 2 aromatic heterocycles. The summed E-state index contributed by atoms with van der Waals surface area (Å²) in [5, 5.41) is 3.59. The van der Waals surface area contributed by atoms with Crippen LogP contribution in [-0.4, -0.2) is 9.55 Å². The lowest BCUT2D eigenvalue weighted by Crippen LogP contribution is -2.19. The largest absolute Gasteiger partial charge is 0.330 e. The van der Waals surface area contributed by atoms with E-state index in [1.54, 1.807) is 0 Å². The zero-order valence-corrected chi connectivity index (χ0v) is 11.7. The third-order valence-electron chi connectivity index (χ3n) is 3.46. The second-order valence-electron chi connectivity index (χ2n) is 5.07. The first kappa shape index (κ1) is 11.9.